The van der Waals surface area contributed by atoms with Gasteiger partial charge in [-0.15, -0.1) is 11.3 Å². The highest BCUT2D eigenvalue weighted by atomic mass is 127. The summed E-state index contributed by atoms with van der Waals surface area (Å²) in [5, 5.41) is 1.55. The van der Waals surface area contributed by atoms with Crippen LogP contribution in [0.1, 0.15) is 5.01 Å². The van der Waals surface area contributed by atoms with Crippen LogP contribution in [0.5, 0.6) is 5.75 Å². The van der Waals surface area contributed by atoms with E-state index in [4.69, 9.17) is 16.3 Å². The van der Waals surface area contributed by atoms with Gasteiger partial charge in [0.1, 0.15) is 16.5 Å². The third kappa shape index (κ3) is 3.11. The summed E-state index contributed by atoms with van der Waals surface area (Å²) in [7, 11) is 1.48. The minimum Gasteiger partial charge on any atom is -0.495 e. The van der Waals surface area contributed by atoms with Gasteiger partial charge in [-0.25, -0.2) is 9.97 Å². The number of hydrogen-bond acceptors (Lipinski definition) is 4. The lowest BCUT2D eigenvalue weighted by atomic mass is 10.2. The molecule has 0 aliphatic heterocycles. The van der Waals surface area contributed by atoms with Gasteiger partial charge in [0.05, 0.1) is 18.3 Å². The number of alkyl halides is 3. The van der Waals surface area contributed by atoms with Gasteiger partial charge in [-0.2, -0.15) is 13.2 Å². The van der Waals surface area contributed by atoms with Crippen LogP contribution in [0.4, 0.5) is 13.2 Å². The summed E-state index contributed by atoms with van der Waals surface area (Å²) in [6.07, 6.45) is -4.46. The first-order valence-electron chi connectivity index (χ1n) is 6.17. The van der Waals surface area contributed by atoms with Crippen LogP contribution in [-0.4, -0.2) is 17.1 Å². The van der Waals surface area contributed by atoms with E-state index < -0.39 is 11.2 Å². The Morgan fingerprint density at radius 2 is 1.96 bits per heavy atom. The average molecular weight is 471 g/mol. The Bertz CT molecular complexity index is 898. The summed E-state index contributed by atoms with van der Waals surface area (Å²) >= 11 is 8.89. The lowest BCUT2D eigenvalue weighted by molar-refractivity contribution is -0.137. The molecule has 0 saturated carbocycles. The second kappa shape index (κ2) is 6.06. The minimum absolute atomic E-state index is 0.168. The quantitative estimate of drug-likeness (QED) is 0.455. The molecule has 23 heavy (non-hydrogen) atoms. The largest absolute Gasteiger partial charge is 0.495 e. The molecule has 1 aromatic carbocycles. The number of halogens is 5. The molecular weight excluding hydrogens is 464 g/mol. The number of thiazole rings is 1. The Morgan fingerprint density at radius 1 is 1.22 bits per heavy atom. The lowest BCUT2D eigenvalue weighted by Gasteiger charge is -2.09. The van der Waals surface area contributed by atoms with Crippen LogP contribution in [0.2, 0.25) is 5.02 Å². The summed E-state index contributed by atoms with van der Waals surface area (Å²) in [6, 6.07) is 5.21. The molecule has 0 radical (unpaired) electrons. The number of rotatable bonds is 2. The second-order valence-corrected chi connectivity index (χ2v) is 6.90. The lowest BCUT2D eigenvalue weighted by Crippen LogP contribution is -2.03. The third-order valence-corrected chi connectivity index (χ3v) is 5.21. The zero-order valence-corrected chi connectivity index (χ0v) is 15.1. The first-order valence-corrected chi connectivity index (χ1v) is 8.50. The highest BCUT2D eigenvalue weighted by molar-refractivity contribution is 14.1. The fraction of sp³-hybridized carbons (Fsp3) is 0.143. The summed E-state index contributed by atoms with van der Waals surface area (Å²) in [5.41, 5.74) is 0.972. The van der Waals surface area contributed by atoms with E-state index >= 15 is 0 Å². The maximum atomic E-state index is 12.7. The molecule has 0 amide bonds. The molecule has 3 aromatic rings. The summed E-state index contributed by atoms with van der Waals surface area (Å²) in [5.74, 6) is 0.453. The molecule has 2 aromatic heterocycles. The van der Waals surface area contributed by atoms with E-state index in [2.05, 4.69) is 32.6 Å². The van der Waals surface area contributed by atoms with E-state index in [1.807, 2.05) is 0 Å². The van der Waals surface area contributed by atoms with Gasteiger partial charge in [0.25, 0.3) is 0 Å². The topological polar surface area (TPSA) is 35.0 Å². The van der Waals surface area contributed by atoms with Crippen molar-refractivity contribution < 1.29 is 17.9 Å². The molecule has 0 unspecified atom stereocenters. The molecule has 3 nitrogen and oxygen atoms in total. The SMILES string of the molecule is COc1ccc2c(I)cc(-c3csc(C(F)(F)F)n3)nc2c1Cl. The van der Waals surface area contributed by atoms with Gasteiger partial charge in [0.15, 0.2) is 5.01 Å². The zero-order chi connectivity index (χ0) is 16.8. The maximum Gasteiger partial charge on any atom is 0.443 e. The van der Waals surface area contributed by atoms with Crippen molar-refractivity contribution in [3.63, 3.8) is 0 Å². The zero-order valence-electron chi connectivity index (χ0n) is 11.4. The molecule has 120 valence electrons. The molecule has 0 bridgehead atoms. The van der Waals surface area contributed by atoms with E-state index in [1.165, 1.54) is 12.5 Å². The predicted octanol–water partition coefficient (Wildman–Crippen LogP) is 5.64. The Balaban J connectivity index is 2.19. The number of ether oxygens (including phenoxy) is 1. The molecular formula is C14H7ClF3IN2OS. The van der Waals surface area contributed by atoms with Crippen LogP contribution in [0.3, 0.4) is 0 Å². The third-order valence-electron chi connectivity index (χ3n) is 3.06. The number of pyridine rings is 1. The van der Waals surface area contributed by atoms with Crippen molar-refractivity contribution in [2.75, 3.05) is 7.11 Å². The first kappa shape index (κ1) is 16.7. The maximum absolute atomic E-state index is 12.7. The van der Waals surface area contributed by atoms with Crippen LogP contribution < -0.4 is 4.74 Å². The average Bonchev–Trinajstić information content (AvgIpc) is 2.98. The van der Waals surface area contributed by atoms with Crippen LogP contribution in [0.25, 0.3) is 22.3 Å². The molecule has 0 spiro atoms. The molecule has 0 fully saturated rings. The van der Waals surface area contributed by atoms with Crippen LogP contribution in [0.15, 0.2) is 23.6 Å². The fourth-order valence-electron chi connectivity index (χ4n) is 2.01. The molecule has 0 saturated heterocycles. The summed E-state index contributed by atoms with van der Waals surface area (Å²) < 4.78 is 44.1. The smallest absolute Gasteiger partial charge is 0.443 e. The van der Waals surface area contributed by atoms with Crippen molar-refractivity contribution in [3.05, 3.63) is 37.2 Å². The van der Waals surface area contributed by atoms with E-state index in [0.717, 1.165) is 8.96 Å². The number of methoxy groups -OCH3 is 1. The molecule has 3 rings (SSSR count). The second-order valence-electron chi connectivity index (χ2n) is 4.50. The summed E-state index contributed by atoms with van der Waals surface area (Å²) in [4.78, 5) is 8.00. The van der Waals surface area contributed by atoms with E-state index in [0.29, 0.717) is 33.3 Å². The summed E-state index contributed by atoms with van der Waals surface area (Å²) in [6.45, 7) is 0. The number of aromatic nitrogens is 2. The van der Waals surface area contributed by atoms with Crippen molar-refractivity contribution in [2.24, 2.45) is 0 Å². The molecule has 9 heteroatoms. The van der Waals surface area contributed by atoms with Crippen molar-refractivity contribution in [3.8, 4) is 17.1 Å². The Morgan fingerprint density at radius 3 is 2.57 bits per heavy atom. The van der Waals surface area contributed by atoms with Crippen molar-refractivity contribution in [1.82, 2.24) is 9.97 Å². The van der Waals surface area contributed by atoms with Crippen LogP contribution >= 0.6 is 45.5 Å². The predicted molar refractivity (Wildman–Crippen MR) is 92.1 cm³/mol. The van der Waals surface area contributed by atoms with Gasteiger partial charge in [-0.05, 0) is 40.8 Å². The standard InChI is InChI=1S/C14H7ClF3IN2OS/c1-22-10-3-2-6-7(19)4-8(20-12(6)11(10)15)9-5-23-13(21-9)14(16,17)18/h2-5H,1H3. The highest BCUT2D eigenvalue weighted by Crippen LogP contribution is 2.37. The van der Waals surface area contributed by atoms with Crippen LogP contribution in [-0.2, 0) is 6.18 Å². The highest BCUT2D eigenvalue weighted by Gasteiger charge is 2.34. The number of hydrogen-bond donors (Lipinski definition) is 0. The number of fused-ring (bicyclic) bond motifs is 1. The monoisotopic (exact) mass is 470 g/mol. The molecule has 0 atom stereocenters. The van der Waals surface area contributed by atoms with Gasteiger partial charge in [0.2, 0.25) is 0 Å². The van der Waals surface area contributed by atoms with Crippen molar-refractivity contribution >= 4 is 56.4 Å². The first-order chi connectivity index (χ1) is 10.8. The molecule has 0 N–H and O–H groups in total. The Hall–Kier alpha value is -1.13. The van der Waals surface area contributed by atoms with Crippen molar-refractivity contribution in [1.29, 1.82) is 0 Å². The minimum atomic E-state index is -4.46. The van der Waals surface area contributed by atoms with Gasteiger partial charge in [-0.1, -0.05) is 11.6 Å². The Kier molecular flexibility index (Phi) is 4.41. The van der Waals surface area contributed by atoms with Gasteiger partial charge in [0, 0.05) is 14.3 Å². The normalized spacial score (nSPS) is 11.9. The van der Waals surface area contributed by atoms with Gasteiger partial charge < -0.3 is 4.74 Å². The van der Waals surface area contributed by atoms with Gasteiger partial charge >= 0.3 is 6.18 Å². The van der Waals surface area contributed by atoms with Crippen LogP contribution in [0, 0.1) is 3.57 Å². The number of nitrogens with zero attached hydrogens (tertiary/aromatic N) is 2. The van der Waals surface area contributed by atoms with Gasteiger partial charge in [-0.3, -0.25) is 0 Å². The van der Waals surface area contributed by atoms with Crippen molar-refractivity contribution in [2.45, 2.75) is 6.18 Å². The molecule has 2 heterocycles. The Labute approximate surface area is 151 Å². The van der Waals surface area contributed by atoms with E-state index in [-0.39, 0.29) is 5.69 Å². The molecule has 0 aliphatic carbocycles. The van der Waals surface area contributed by atoms with E-state index in [9.17, 15) is 13.2 Å². The number of benzene rings is 1. The van der Waals surface area contributed by atoms with E-state index in [1.54, 1.807) is 18.2 Å². The fourth-order valence-corrected chi connectivity index (χ4v) is 3.70. The molecule has 0 aliphatic rings.